The van der Waals surface area contributed by atoms with Crippen LogP contribution < -0.4 is 10.1 Å². The SMILES string of the molecule is CNCCC(OC(C)=O)c1ccc(OC)cc1. The van der Waals surface area contributed by atoms with Crippen molar-refractivity contribution < 1.29 is 14.3 Å². The van der Waals surface area contributed by atoms with Gasteiger partial charge in [-0.1, -0.05) is 12.1 Å². The molecule has 1 aromatic carbocycles. The fourth-order valence-corrected chi connectivity index (χ4v) is 1.59. The Kier molecular flexibility index (Phi) is 5.49. The van der Waals surface area contributed by atoms with Gasteiger partial charge >= 0.3 is 5.97 Å². The number of esters is 1. The Hall–Kier alpha value is -1.55. The van der Waals surface area contributed by atoms with Crippen LogP contribution in [0.3, 0.4) is 0 Å². The van der Waals surface area contributed by atoms with E-state index in [2.05, 4.69) is 5.32 Å². The number of rotatable bonds is 6. The van der Waals surface area contributed by atoms with Crippen molar-refractivity contribution >= 4 is 5.97 Å². The zero-order valence-electron chi connectivity index (χ0n) is 10.5. The highest BCUT2D eigenvalue weighted by molar-refractivity contribution is 5.66. The summed E-state index contributed by atoms with van der Waals surface area (Å²) in [5.74, 6) is 0.533. The molecule has 0 spiro atoms. The summed E-state index contributed by atoms with van der Waals surface area (Å²) in [6.45, 7) is 2.22. The highest BCUT2D eigenvalue weighted by atomic mass is 16.5. The van der Waals surface area contributed by atoms with Gasteiger partial charge in [-0.3, -0.25) is 4.79 Å². The summed E-state index contributed by atoms with van der Waals surface area (Å²) in [5.41, 5.74) is 0.983. The van der Waals surface area contributed by atoms with Crippen molar-refractivity contribution in [3.63, 3.8) is 0 Å². The lowest BCUT2D eigenvalue weighted by Crippen LogP contribution is -2.16. The number of carbonyl (C=O) groups is 1. The van der Waals surface area contributed by atoms with Gasteiger partial charge in [0.05, 0.1) is 7.11 Å². The molecule has 0 heterocycles. The predicted molar refractivity (Wildman–Crippen MR) is 66.0 cm³/mol. The van der Waals surface area contributed by atoms with Crippen molar-refractivity contribution in [3.05, 3.63) is 29.8 Å². The van der Waals surface area contributed by atoms with Crippen LogP contribution in [0.1, 0.15) is 25.0 Å². The first kappa shape index (κ1) is 13.5. The first-order valence-corrected chi connectivity index (χ1v) is 5.63. The number of ether oxygens (including phenoxy) is 2. The molecule has 0 bridgehead atoms. The molecule has 1 atom stereocenters. The van der Waals surface area contributed by atoms with Crippen LogP contribution in [-0.4, -0.2) is 26.7 Å². The van der Waals surface area contributed by atoms with E-state index in [-0.39, 0.29) is 12.1 Å². The van der Waals surface area contributed by atoms with E-state index in [1.54, 1.807) is 7.11 Å². The van der Waals surface area contributed by atoms with Crippen molar-refractivity contribution in [3.8, 4) is 5.75 Å². The Bertz CT molecular complexity index is 348. The molecule has 0 fully saturated rings. The summed E-state index contributed by atoms with van der Waals surface area (Å²) in [6, 6.07) is 7.57. The number of nitrogens with one attached hydrogen (secondary N) is 1. The summed E-state index contributed by atoms with van der Waals surface area (Å²) in [7, 11) is 3.50. The molecule has 0 saturated heterocycles. The number of carbonyl (C=O) groups excluding carboxylic acids is 1. The fraction of sp³-hybridized carbons (Fsp3) is 0.462. The molecule has 0 aliphatic carbocycles. The molecule has 17 heavy (non-hydrogen) atoms. The molecular weight excluding hydrogens is 218 g/mol. The van der Waals surface area contributed by atoms with Crippen LogP contribution in [0.25, 0.3) is 0 Å². The summed E-state index contributed by atoms with van der Waals surface area (Å²) in [4.78, 5) is 11.0. The maximum atomic E-state index is 11.0. The van der Waals surface area contributed by atoms with Gasteiger partial charge in [0.25, 0.3) is 0 Å². The standard InChI is InChI=1S/C13H19NO3/c1-10(15)17-13(8-9-14-2)11-4-6-12(16-3)7-5-11/h4-7,13-14H,8-9H2,1-3H3. The molecule has 1 rings (SSSR count). The first-order valence-electron chi connectivity index (χ1n) is 5.63. The fourth-order valence-electron chi connectivity index (χ4n) is 1.59. The smallest absolute Gasteiger partial charge is 0.303 e. The molecule has 0 aliphatic rings. The van der Waals surface area contributed by atoms with Gasteiger partial charge in [-0.15, -0.1) is 0 Å². The van der Waals surface area contributed by atoms with Gasteiger partial charge < -0.3 is 14.8 Å². The average molecular weight is 237 g/mol. The molecule has 0 saturated carbocycles. The van der Waals surface area contributed by atoms with Crippen molar-refractivity contribution in [1.82, 2.24) is 5.32 Å². The third-order valence-electron chi connectivity index (χ3n) is 2.45. The van der Waals surface area contributed by atoms with E-state index in [4.69, 9.17) is 9.47 Å². The van der Waals surface area contributed by atoms with Crippen LogP contribution in [0.4, 0.5) is 0 Å². The molecular formula is C13H19NO3. The Morgan fingerprint density at radius 2 is 2.00 bits per heavy atom. The molecule has 0 amide bonds. The second kappa shape index (κ2) is 6.91. The summed E-state index contributed by atoms with van der Waals surface area (Å²) in [5, 5.41) is 3.05. The van der Waals surface area contributed by atoms with Gasteiger partial charge in [0.15, 0.2) is 0 Å². The van der Waals surface area contributed by atoms with Gasteiger partial charge in [-0.05, 0) is 31.3 Å². The second-order valence-corrected chi connectivity index (χ2v) is 3.76. The van der Waals surface area contributed by atoms with Crippen LogP contribution in [0, 0.1) is 0 Å². The van der Waals surface area contributed by atoms with Crippen LogP contribution in [-0.2, 0) is 9.53 Å². The average Bonchev–Trinajstić information content (AvgIpc) is 2.34. The van der Waals surface area contributed by atoms with E-state index in [9.17, 15) is 4.79 Å². The summed E-state index contributed by atoms with van der Waals surface area (Å²) in [6.07, 6.45) is 0.549. The maximum Gasteiger partial charge on any atom is 0.303 e. The number of methoxy groups -OCH3 is 1. The molecule has 4 heteroatoms. The van der Waals surface area contributed by atoms with Gasteiger partial charge in [-0.25, -0.2) is 0 Å². The van der Waals surface area contributed by atoms with Gasteiger partial charge in [0.2, 0.25) is 0 Å². The molecule has 1 aromatic rings. The van der Waals surface area contributed by atoms with E-state index >= 15 is 0 Å². The highest BCUT2D eigenvalue weighted by Crippen LogP contribution is 2.23. The maximum absolute atomic E-state index is 11.0. The summed E-state index contributed by atoms with van der Waals surface area (Å²) < 4.78 is 10.4. The predicted octanol–water partition coefficient (Wildman–Crippen LogP) is 1.91. The van der Waals surface area contributed by atoms with Gasteiger partial charge in [0, 0.05) is 13.3 Å². The van der Waals surface area contributed by atoms with Crippen molar-refractivity contribution in [2.45, 2.75) is 19.4 Å². The van der Waals surface area contributed by atoms with Gasteiger partial charge in [0.1, 0.15) is 11.9 Å². The Morgan fingerprint density at radius 1 is 1.35 bits per heavy atom. The highest BCUT2D eigenvalue weighted by Gasteiger charge is 2.14. The summed E-state index contributed by atoms with van der Waals surface area (Å²) >= 11 is 0. The lowest BCUT2D eigenvalue weighted by Gasteiger charge is -2.17. The van der Waals surface area contributed by atoms with E-state index in [0.29, 0.717) is 0 Å². The molecule has 0 aromatic heterocycles. The lowest BCUT2D eigenvalue weighted by molar-refractivity contribution is -0.147. The van der Waals surface area contributed by atoms with Crippen LogP contribution >= 0.6 is 0 Å². The van der Waals surface area contributed by atoms with E-state index in [1.165, 1.54) is 6.92 Å². The van der Waals surface area contributed by atoms with E-state index < -0.39 is 0 Å². The van der Waals surface area contributed by atoms with E-state index in [1.807, 2.05) is 31.3 Å². The molecule has 94 valence electrons. The Morgan fingerprint density at radius 3 is 2.47 bits per heavy atom. The third kappa shape index (κ3) is 4.44. The number of hydrogen-bond donors (Lipinski definition) is 1. The van der Waals surface area contributed by atoms with Crippen molar-refractivity contribution in [2.75, 3.05) is 20.7 Å². The molecule has 1 N–H and O–H groups in total. The van der Waals surface area contributed by atoms with Crippen molar-refractivity contribution in [2.24, 2.45) is 0 Å². The zero-order valence-corrected chi connectivity index (χ0v) is 10.5. The molecule has 0 aliphatic heterocycles. The monoisotopic (exact) mass is 237 g/mol. The molecule has 1 unspecified atom stereocenters. The zero-order chi connectivity index (χ0) is 12.7. The number of hydrogen-bond acceptors (Lipinski definition) is 4. The quantitative estimate of drug-likeness (QED) is 0.768. The number of benzene rings is 1. The lowest BCUT2D eigenvalue weighted by atomic mass is 10.1. The minimum absolute atomic E-state index is 0.203. The topological polar surface area (TPSA) is 47.6 Å². The minimum atomic E-state index is -0.262. The van der Waals surface area contributed by atoms with Crippen LogP contribution in [0.15, 0.2) is 24.3 Å². The van der Waals surface area contributed by atoms with Crippen molar-refractivity contribution in [1.29, 1.82) is 0 Å². The Labute approximate surface area is 102 Å². The van der Waals surface area contributed by atoms with Gasteiger partial charge in [-0.2, -0.15) is 0 Å². The third-order valence-corrected chi connectivity index (χ3v) is 2.45. The van der Waals surface area contributed by atoms with Crippen LogP contribution in [0.5, 0.6) is 5.75 Å². The first-order chi connectivity index (χ1) is 8.17. The van der Waals surface area contributed by atoms with Crippen LogP contribution in [0.2, 0.25) is 0 Å². The normalized spacial score (nSPS) is 11.9. The second-order valence-electron chi connectivity index (χ2n) is 3.76. The van der Waals surface area contributed by atoms with E-state index in [0.717, 1.165) is 24.3 Å². The minimum Gasteiger partial charge on any atom is -0.497 e. The Balaban J connectivity index is 2.75. The molecule has 0 radical (unpaired) electrons. The molecule has 4 nitrogen and oxygen atoms in total. The largest absolute Gasteiger partial charge is 0.497 e.